The monoisotopic (exact) mass is 343 g/mol. The Bertz CT molecular complexity index is 878. The first-order valence-electron chi connectivity index (χ1n) is 7.01. The number of amides is 1. The summed E-state index contributed by atoms with van der Waals surface area (Å²) in [5.41, 5.74) is 7.13. The number of nitrogens with two attached hydrogens (primary N) is 1. The van der Waals surface area contributed by atoms with Crippen LogP contribution in [0.15, 0.2) is 53.4 Å². The Labute approximate surface area is 141 Å². The number of nitrogens with zero attached hydrogens (tertiary/aromatic N) is 3. The van der Waals surface area contributed by atoms with E-state index in [4.69, 9.17) is 5.73 Å². The molecule has 0 spiro atoms. The molecule has 3 aromatic rings. The summed E-state index contributed by atoms with van der Waals surface area (Å²) in [6.07, 6.45) is 1.95. The van der Waals surface area contributed by atoms with Gasteiger partial charge in [-0.2, -0.15) is 4.68 Å². The minimum atomic E-state index is -0.459. The van der Waals surface area contributed by atoms with Crippen LogP contribution in [0.2, 0.25) is 0 Å². The summed E-state index contributed by atoms with van der Waals surface area (Å²) in [6.45, 7) is 0. The summed E-state index contributed by atoms with van der Waals surface area (Å²) >= 11 is 1.57. The molecule has 1 heterocycles. The van der Waals surface area contributed by atoms with Gasteiger partial charge < -0.3 is 11.1 Å². The van der Waals surface area contributed by atoms with Crippen molar-refractivity contribution < 1.29 is 9.18 Å². The Morgan fingerprint density at radius 1 is 1.25 bits per heavy atom. The Morgan fingerprint density at radius 2 is 2.00 bits per heavy atom. The third-order valence-corrected chi connectivity index (χ3v) is 4.04. The summed E-state index contributed by atoms with van der Waals surface area (Å²) < 4.78 is 14.3. The summed E-state index contributed by atoms with van der Waals surface area (Å²) in [6, 6.07) is 13.0. The highest BCUT2D eigenvalue weighted by Crippen LogP contribution is 2.21. The highest BCUT2D eigenvalue weighted by molar-refractivity contribution is 7.98. The molecule has 3 N–H and O–H groups in total. The van der Waals surface area contributed by atoms with Crippen LogP contribution >= 0.6 is 11.8 Å². The van der Waals surface area contributed by atoms with Gasteiger partial charge in [0.1, 0.15) is 5.82 Å². The molecule has 6 nitrogen and oxygen atoms in total. The number of carbonyl (C=O) groups is 1. The van der Waals surface area contributed by atoms with E-state index in [0.717, 1.165) is 4.90 Å². The number of carbonyl (C=O) groups excluding carboxylic acids is 1. The van der Waals surface area contributed by atoms with Crippen molar-refractivity contribution in [2.24, 2.45) is 0 Å². The molecule has 0 aliphatic rings. The third kappa shape index (κ3) is 3.23. The highest BCUT2D eigenvalue weighted by atomic mass is 32.2. The molecule has 0 aliphatic carbocycles. The number of anilines is 2. The number of nitrogen functional groups attached to an aromatic ring is 1. The zero-order valence-corrected chi connectivity index (χ0v) is 13.5. The molecule has 0 saturated carbocycles. The van der Waals surface area contributed by atoms with Crippen LogP contribution < -0.4 is 11.1 Å². The molecule has 0 atom stereocenters. The smallest absolute Gasteiger partial charge is 0.280 e. The average Bonchev–Trinajstić information content (AvgIpc) is 2.97. The largest absolute Gasteiger partial charge is 0.382 e. The molecule has 0 aliphatic heterocycles. The van der Waals surface area contributed by atoms with Crippen LogP contribution in [-0.4, -0.2) is 27.2 Å². The van der Waals surface area contributed by atoms with Gasteiger partial charge in [-0.3, -0.25) is 4.79 Å². The lowest BCUT2D eigenvalue weighted by Crippen LogP contribution is -2.15. The van der Waals surface area contributed by atoms with Crippen molar-refractivity contribution in [1.29, 1.82) is 0 Å². The molecule has 1 aromatic heterocycles. The van der Waals surface area contributed by atoms with Crippen molar-refractivity contribution in [2.75, 3.05) is 17.3 Å². The summed E-state index contributed by atoms with van der Waals surface area (Å²) in [4.78, 5) is 13.4. The molecule has 0 radical (unpaired) electrons. The van der Waals surface area contributed by atoms with E-state index in [1.807, 2.05) is 24.5 Å². The summed E-state index contributed by atoms with van der Waals surface area (Å²) in [7, 11) is 0. The normalized spacial score (nSPS) is 10.6. The van der Waals surface area contributed by atoms with Gasteiger partial charge in [-0.15, -0.1) is 16.9 Å². The topological polar surface area (TPSA) is 85.8 Å². The number of aromatic nitrogens is 3. The molecule has 0 bridgehead atoms. The fourth-order valence-electron chi connectivity index (χ4n) is 2.12. The fraction of sp³-hybridized carbons (Fsp3) is 0.0625. The maximum atomic E-state index is 13.0. The second-order valence-corrected chi connectivity index (χ2v) is 5.78. The predicted molar refractivity (Wildman–Crippen MR) is 91.9 cm³/mol. The van der Waals surface area contributed by atoms with Crippen LogP contribution in [-0.2, 0) is 0 Å². The van der Waals surface area contributed by atoms with Gasteiger partial charge in [0.25, 0.3) is 5.91 Å². The SMILES string of the molecule is CSc1cccc(NC(=O)c2nnn(-c3ccc(F)cc3)c2N)c1. The van der Waals surface area contributed by atoms with Crippen molar-refractivity contribution in [3.8, 4) is 5.69 Å². The predicted octanol–water partition coefficient (Wildman–Crippen LogP) is 2.96. The van der Waals surface area contributed by atoms with E-state index in [1.165, 1.54) is 28.9 Å². The van der Waals surface area contributed by atoms with E-state index in [9.17, 15) is 9.18 Å². The van der Waals surface area contributed by atoms with E-state index in [-0.39, 0.29) is 17.3 Å². The summed E-state index contributed by atoms with van der Waals surface area (Å²) in [5.74, 6) is -0.747. The van der Waals surface area contributed by atoms with E-state index >= 15 is 0 Å². The average molecular weight is 343 g/mol. The van der Waals surface area contributed by atoms with Crippen LogP contribution in [0, 0.1) is 5.82 Å². The number of hydrogen-bond acceptors (Lipinski definition) is 5. The van der Waals surface area contributed by atoms with Crippen LogP contribution in [0.3, 0.4) is 0 Å². The molecule has 2 aromatic carbocycles. The summed E-state index contributed by atoms with van der Waals surface area (Å²) in [5, 5.41) is 10.4. The molecule has 8 heteroatoms. The van der Waals surface area contributed by atoms with Gasteiger partial charge in [-0.1, -0.05) is 11.3 Å². The zero-order chi connectivity index (χ0) is 17.1. The highest BCUT2D eigenvalue weighted by Gasteiger charge is 2.18. The molecular formula is C16H14FN5OS. The molecule has 0 saturated heterocycles. The molecule has 1 amide bonds. The lowest BCUT2D eigenvalue weighted by molar-refractivity contribution is 0.102. The maximum Gasteiger partial charge on any atom is 0.280 e. The van der Waals surface area contributed by atoms with Crippen molar-refractivity contribution in [2.45, 2.75) is 4.90 Å². The first-order valence-corrected chi connectivity index (χ1v) is 8.23. The van der Waals surface area contributed by atoms with Gasteiger partial charge in [0, 0.05) is 10.6 Å². The number of thioether (sulfide) groups is 1. The first-order chi connectivity index (χ1) is 11.6. The van der Waals surface area contributed by atoms with Crippen LogP contribution in [0.1, 0.15) is 10.5 Å². The Hall–Kier alpha value is -2.87. The van der Waals surface area contributed by atoms with Crippen molar-refractivity contribution in [3.63, 3.8) is 0 Å². The Kier molecular flexibility index (Phi) is 4.48. The Balaban J connectivity index is 1.84. The van der Waals surface area contributed by atoms with Gasteiger partial charge in [-0.25, -0.2) is 4.39 Å². The number of benzene rings is 2. The van der Waals surface area contributed by atoms with Crippen molar-refractivity contribution in [3.05, 3.63) is 60.0 Å². The lowest BCUT2D eigenvalue weighted by Gasteiger charge is -2.06. The van der Waals surface area contributed by atoms with E-state index in [2.05, 4.69) is 15.6 Å². The fourth-order valence-corrected chi connectivity index (χ4v) is 2.57. The van der Waals surface area contributed by atoms with Gasteiger partial charge >= 0.3 is 0 Å². The third-order valence-electron chi connectivity index (χ3n) is 3.32. The number of hydrogen-bond donors (Lipinski definition) is 2. The standard InChI is InChI=1S/C16H14FN5OS/c1-24-13-4-2-3-11(9-13)19-16(23)14-15(18)22(21-20-14)12-7-5-10(17)6-8-12/h2-9H,18H2,1H3,(H,19,23). The van der Waals surface area contributed by atoms with Crippen LogP contribution in [0.5, 0.6) is 0 Å². The van der Waals surface area contributed by atoms with Gasteiger partial charge in [0.05, 0.1) is 5.69 Å². The second-order valence-electron chi connectivity index (χ2n) is 4.90. The molecule has 24 heavy (non-hydrogen) atoms. The Morgan fingerprint density at radius 3 is 2.71 bits per heavy atom. The molecule has 122 valence electrons. The minimum Gasteiger partial charge on any atom is -0.382 e. The molecule has 3 rings (SSSR count). The van der Waals surface area contributed by atoms with Crippen LogP contribution in [0.4, 0.5) is 15.9 Å². The van der Waals surface area contributed by atoms with E-state index in [1.54, 1.807) is 17.8 Å². The number of nitrogens with one attached hydrogen (secondary N) is 1. The maximum absolute atomic E-state index is 13.0. The van der Waals surface area contributed by atoms with Gasteiger partial charge in [-0.05, 0) is 48.7 Å². The molecule has 0 fully saturated rings. The first kappa shape index (κ1) is 16.0. The van der Waals surface area contributed by atoms with Crippen LogP contribution in [0.25, 0.3) is 5.69 Å². The minimum absolute atomic E-state index is 0.00822. The molecule has 0 unspecified atom stereocenters. The van der Waals surface area contributed by atoms with E-state index < -0.39 is 5.91 Å². The second kappa shape index (κ2) is 6.71. The molecular weight excluding hydrogens is 329 g/mol. The quantitative estimate of drug-likeness (QED) is 0.711. The van der Waals surface area contributed by atoms with Crippen molar-refractivity contribution in [1.82, 2.24) is 15.0 Å². The van der Waals surface area contributed by atoms with Gasteiger partial charge in [0.15, 0.2) is 11.5 Å². The number of halogens is 1. The zero-order valence-electron chi connectivity index (χ0n) is 12.7. The van der Waals surface area contributed by atoms with Gasteiger partial charge in [0.2, 0.25) is 0 Å². The van der Waals surface area contributed by atoms with E-state index in [0.29, 0.717) is 11.4 Å². The number of rotatable bonds is 4. The van der Waals surface area contributed by atoms with Crippen molar-refractivity contribution >= 4 is 29.2 Å². The lowest BCUT2D eigenvalue weighted by atomic mass is 10.3.